The molecule has 0 saturated heterocycles. The lowest BCUT2D eigenvalue weighted by molar-refractivity contribution is -0.142. The zero-order valence-corrected chi connectivity index (χ0v) is 16.9. The van der Waals surface area contributed by atoms with Crippen LogP contribution in [0.2, 0.25) is 5.15 Å². The highest BCUT2D eigenvalue weighted by molar-refractivity contribution is 6.29. The summed E-state index contributed by atoms with van der Waals surface area (Å²) in [6.45, 7) is -1.15. The Morgan fingerprint density at radius 3 is 2.57 bits per heavy atom. The van der Waals surface area contributed by atoms with Crippen molar-refractivity contribution >= 4 is 17.3 Å². The molecule has 0 amide bonds. The van der Waals surface area contributed by atoms with Gasteiger partial charge < -0.3 is 10.6 Å². The van der Waals surface area contributed by atoms with E-state index < -0.39 is 12.7 Å². The van der Waals surface area contributed by atoms with Gasteiger partial charge in [0.1, 0.15) is 18.4 Å². The first-order valence-corrected chi connectivity index (χ1v) is 10.0. The summed E-state index contributed by atoms with van der Waals surface area (Å²) in [5.74, 6) is 5.76. The summed E-state index contributed by atoms with van der Waals surface area (Å²) in [5, 5.41) is 10.6. The molecule has 10 heteroatoms. The van der Waals surface area contributed by atoms with E-state index in [1.165, 1.54) is 18.6 Å². The summed E-state index contributed by atoms with van der Waals surface area (Å²) in [6, 6.07) is 2.24. The van der Waals surface area contributed by atoms with E-state index in [0.29, 0.717) is 28.9 Å². The predicted octanol–water partition coefficient (Wildman–Crippen LogP) is 4.18. The van der Waals surface area contributed by atoms with Gasteiger partial charge in [0.05, 0.1) is 23.0 Å². The highest BCUT2D eigenvalue weighted by Crippen LogP contribution is 2.25. The van der Waals surface area contributed by atoms with Gasteiger partial charge in [0.15, 0.2) is 0 Å². The number of aromatic nitrogens is 3. The molecule has 2 heterocycles. The Morgan fingerprint density at radius 2 is 1.87 bits per heavy atom. The van der Waals surface area contributed by atoms with Gasteiger partial charge in [0, 0.05) is 31.0 Å². The molecule has 0 unspecified atom stereocenters. The lowest BCUT2D eigenvalue weighted by atomic mass is 9.91. The molecule has 0 spiro atoms. The van der Waals surface area contributed by atoms with Crippen LogP contribution >= 0.6 is 11.6 Å². The molecule has 1 aliphatic rings. The molecule has 0 radical (unpaired) electrons. The van der Waals surface area contributed by atoms with Crippen LogP contribution in [0.25, 0.3) is 0 Å². The van der Waals surface area contributed by atoms with Crippen molar-refractivity contribution in [3.8, 4) is 11.8 Å². The van der Waals surface area contributed by atoms with E-state index in [0.717, 1.165) is 36.1 Å². The van der Waals surface area contributed by atoms with Crippen molar-refractivity contribution in [2.45, 2.75) is 50.5 Å². The van der Waals surface area contributed by atoms with Crippen LogP contribution in [0.4, 0.5) is 23.2 Å². The minimum absolute atomic E-state index is 0.224. The summed E-state index contributed by atoms with van der Waals surface area (Å²) in [5.41, 5.74) is 1.70. The van der Waals surface area contributed by atoms with E-state index in [1.807, 2.05) is 0 Å². The summed E-state index contributed by atoms with van der Waals surface area (Å²) in [6.07, 6.45) is 3.46. The minimum Gasteiger partial charge on any atom is -0.381 e. The largest absolute Gasteiger partial charge is 0.408 e. The second kappa shape index (κ2) is 10.1. The number of rotatable bonds is 6. The average molecular weight is 444 g/mol. The van der Waals surface area contributed by atoms with Crippen molar-refractivity contribution in [3.05, 3.63) is 40.9 Å². The molecule has 3 rings (SSSR count). The molecule has 30 heavy (non-hydrogen) atoms. The number of alkyl halides is 4. The Bertz CT molecular complexity index is 895. The van der Waals surface area contributed by atoms with Gasteiger partial charge in [-0.2, -0.15) is 18.3 Å². The fraction of sp³-hybridized carbons (Fsp3) is 0.500. The molecule has 0 bridgehead atoms. The Kier molecular flexibility index (Phi) is 7.56. The highest BCUT2D eigenvalue weighted by atomic mass is 35.5. The second-order valence-corrected chi connectivity index (χ2v) is 7.57. The van der Waals surface area contributed by atoms with Gasteiger partial charge >= 0.3 is 6.18 Å². The lowest BCUT2D eigenvalue weighted by Crippen LogP contribution is -2.37. The van der Waals surface area contributed by atoms with E-state index in [-0.39, 0.29) is 12.7 Å². The van der Waals surface area contributed by atoms with Crippen LogP contribution in [-0.2, 0) is 6.54 Å². The third-order valence-electron chi connectivity index (χ3n) is 4.80. The van der Waals surface area contributed by atoms with Crippen LogP contribution in [-0.4, -0.2) is 46.2 Å². The van der Waals surface area contributed by atoms with Crippen molar-refractivity contribution in [2.24, 2.45) is 0 Å². The predicted molar refractivity (Wildman–Crippen MR) is 107 cm³/mol. The number of halogens is 5. The summed E-state index contributed by atoms with van der Waals surface area (Å²) in [4.78, 5) is 4.05. The minimum atomic E-state index is -4.34. The van der Waals surface area contributed by atoms with Crippen LogP contribution in [0.5, 0.6) is 0 Å². The third-order valence-corrected chi connectivity index (χ3v) is 5.01. The third kappa shape index (κ3) is 6.89. The first-order chi connectivity index (χ1) is 14.3. The van der Waals surface area contributed by atoms with Crippen molar-refractivity contribution < 1.29 is 17.6 Å². The topological polar surface area (TPSA) is 54.8 Å². The van der Waals surface area contributed by atoms with Crippen LogP contribution in [0.15, 0.2) is 24.7 Å². The van der Waals surface area contributed by atoms with E-state index >= 15 is 0 Å². The Balaban J connectivity index is 1.66. The van der Waals surface area contributed by atoms with E-state index in [1.54, 1.807) is 6.07 Å². The van der Waals surface area contributed by atoms with E-state index in [4.69, 9.17) is 11.6 Å². The van der Waals surface area contributed by atoms with Crippen LogP contribution in [0.3, 0.4) is 0 Å². The molecular weight excluding hydrogens is 422 g/mol. The number of hydrogen-bond donors (Lipinski definition) is 2. The number of nitrogens with one attached hydrogen (secondary N) is 2. The van der Waals surface area contributed by atoms with Gasteiger partial charge in [-0.15, -0.1) is 0 Å². The fourth-order valence-corrected chi connectivity index (χ4v) is 3.57. The summed E-state index contributed by atoms with van der Waals surface area (Å²) >= 11 is 6.03. The van der Waals surface area contributed by atoms with Crippen LogP contribution in [0.1, 0.15) is 36.8 Å². The normalized spacial score (nSPS) is 19.2. The molecule has 1 saturated carbocycles. The van der Waals surface area contributed by atoms with E-state index in [2.05, 4.69) is 32.6 Å². The maximum absolute atomic E-state index is 12.5. The molecule has 0 aliphatic heterocycles. The molecule has 2 N–H and O–H groups in total. The van der Waals surface area contributed by atoms with Crippen LogP contribution in [0, 0.1) is 11.8 Å². The molecule has 0 atom stereocenters. The second-order valence-electron chi connectivity index (χ2n) is 7.18. The number of nitrogens with zero attached hydrogens (tertiary/aromatic N) is 3. The van der Waals surface area contributed by atoms with Crippen LogP contribution < -0.4 is 10.6 Å². The van der Waals surface area contributed by atoms with E-state index in [9.17, 15) is 17.6 Å². The number of pyridine rings is 1. The first kappa shape index (κ1) is 22.4. The van der Waals surface area contributed by atoms with Gasteiger partial charge in [0.25, 0.3) is 0 Å². The van der Waals surface area contributed by atoms with Gasteiger partial charge in [-0.05, 0) is 31.7 Å². The van der Waals surface area contributed by atoms with Crippen molar-refractivity contribution in [1.82, 2.24) is 20.1 Å². The zero-order valence-electron chi connectivity index (χ0n) is 16.1. The SMILES string of the molecule is FCCNC1CCC(Nc2cc(Cl)ncc2C#Cc2cnn(CC(F)(F)F)c2)CC1. The molecule has 2 aromatic heterocycles. The average Bonchev–Trinajstić information content (AvgIpc) is 3.12. The smallest absolute Gasteiger partial charge is 0.381 e. The van der Waals surface area contributed by atoms with Crippen molar-refractivity contribution in [3.63, 3.8) is 0 Å². The molecule has 5 nitrogen and oxygen atoms in total. The molecule has 1 fully saturated rings. The molecule has 0 aromatic carbocycles. The highest BCUT2D eigenvalue weighted by Gasteiger charge is 2.28. The number of anilines is 1. The lowest BCUT2D eigenvalue weighted by Gasteiger charge is -2.30. The molecule has 2 aromatic rings. The van der Waals surface area contributed by atoms with Crippen molar-refractivity contribution in [1.29, 1.82) is 0 Å². The first-order valence-electron chi connectivity index (χ1n) is 9.65. The summed E-state index contributed by atoms with van der Waals surface area (Å²) < 4.78 is 50.5. The summed E-state index contributed by atoms with van der Waals surface area (Å²) in [7, 11) is 0. The van der Waals surface area contributed by atoms with Gasteiger partial charge in [-0.3, -0.25) is 4.68 Å². The van der Waals surface area contributed by atoms with Gasteiger partial charge in [-0.25, -0.2) is 9.37 Å². The van der Waals surface area contributed by atoms with Gasteiger partial charge in [-0.1, -0.05) is 23.4 Å². The monoisotopic (exact) mass is 443 g/mol. The maximum Gasteiger partial charge on any atom is 0.408 e. The Labute approximate surface area is 177 Å². The van der Waals surface area contributed by atoms with Crippen molar-refractivity contribution in [2.75, 3.05) is 18.5 Å². The Hall–Kier alpha value is -2.31. The maximum atomic E-state index is 12.5. The standard InChI is InChI=1S/C20H22ClF4N5/c21-19-9-18(29-17-5-3-16(4-6-17)26-8-7-22)15(11-27-19)2-1-14-10-28-30(12-14)13-20(23,24)25/h9-12,16-17,26H,3-8,13H2,(H,27,29). The quantitative estimate of drug-likeness (QED) is 0.399. The van der Waals surface area contributed by atoms with Gasteiger partial charge in [0.2, 0.25) is 0 Å². The molecule has 1 aliphatic carbocycles. The molecular formula is C20H22ClF4N5. The number of hydrogen-bond acceptors (Lipinski definition) is 4. The molecule has 162 valence electrons. The fourth-order valence-electron chi connectivity index (χ4n) is 3.41. The zero-order chi connectivity index (χ0) is 21.6. The Morgan fingerprint density at radius 1 is 1.13 bits per heavy atom.